The Morgan fingerprint density at radius 3 is 2.76 bits per heavy atom. The highest BCUT2D eigenvalue weighted by atomic mass is 16.5. The van der Waals surface area contributed by atoms with E-state index in [2.05, 4.69) is 52.5 Å². The average molecular weight is 393 g/mol. The van der Waals surface area contributed by atoms with Gasteiger partial charge in [0.2, 0.25) is 0 Å². The van der Waals surface area contributed by atoms with Crippen LogP contribution in [0.2, 0.25) is 0 Å². The summed E-state index contributed by atoms with van der Waals surface area (Å²) < 4.78 is 5.71. The van der Waals surface area contributed by atoms with E-state index in [4.69, 9.17) is 10.5 Å². The van der Waals surface area contributed by atoms with Gasteiger partial charge >= 0.3 is 0 Å². The fraction of sp³-hybridized carbons (Fsp3) is 0.458. The molecule has 2 aliphatic rings. The number of aliphatic imine (C=N–C) groups is 1. The maximum absolute atomic E-state index is 6.17. The van der Waals surface area contributed by atoms with Crippen molar-refractivity contribution < 1.29 is 4.74 Å². The van der Waals surface area contributed by atoms with Crippen LogP contribution >= 0.6 is 0 Å². The zero-order valence-electron chi connectivity index (χ0n) is 17.3. The Hall–Kier alpha value is -2.53. The van der Waals surface area contributed by atoms with Gasteiger partial charge < -0.3 is 15.8 Å². The number of fused-ring (bicyclic) bond motifs is 1. The number of ether oxygens (including phenoxy) is 1. The lowest BCUT2D eigenvalue weighted by atomic mass is 9.99. The second kappa shape index (κ2) is 9.31. The highest BCUT2D eigenvalue weighted by Gasteiger charge is 2.21. The van der Waals surface area contributed by atoms with Crippen LogP contribution in [0.15, 0.2) is 53.5 Å². The molecular weight excluding hydrogens is 360 g/mol. The number of rotatable bonds is 5. The quantitative estimate of drug-likeness (QED) is 0.599. The Morgan fingerprint density at radius 2 is 1.93 bits per heavy atom. The van der Waals surface area contributed by atoms with E-state index in [1.807, 2.05) is 18.2 Å². The molecule has 0 amide bonds. The third-order valence-corrected chi connectivity index (χ3v) is 5.88. The molecule has 0 bridgehead atoms. The van der Waals surface area contributed by atoms with Crippen molar-refractivity contribution >= 4 is 5.96 Å². The summed E-state index contributed by atoms with van der Waals surface area (Å²) in [6.07, 6.45) is 3.57. The van der Waals surface area contributed by atoms with Crippen molar-refractivity contribution in [3.63, 3.8) is 0 Å². The summed E-state index contributed by atoms with van der Waals surface area (Å²) in [5.41, 5.74) is 9.86. The van der Waals surface area contributed by atoms with Gasteiger partial charge in [0.25, 0.3) is 0 Å². The molecule has 1 saturated heterocycles. The van der Waals surface area contributed by atoms with Gasteiger partial charge in [-0.1, -0.05) is 49.4 Å². The highest BCUT2D eigenvalue weighted by molar-refractivity contribution is 5.78. The summed E-state index contributed by atoms with van der Waals surface area (Å²) in [4.78, 5) is 7.11. The molecule has 0 radical (unpaired) electrons. The third-order valence-electron chi connectivity index (χ3n) is 5.88. The molecule has 0 saturated carbocycles. The van der Waals surface area contributed by atoms with Crippen LogP contribution in [-0.2, 0) is 13.1 Å². The Balaban J connectivity index is 1.31. The monoisotopic (exact) mass is 392 g/mol. The van der Waals surface area contributed by atoms with Gasteiger partial charge in [0.15, 0.2) is 5.96 Å². The van der Waals surface area contributed by atoms with Crippen molar-refractivity contribution in [1.29, 1.82) is 0 Å². The van der Waals surface area contributed by atoms with Gasteiger partial charge in [0.1, 0.15) is 5.75 Å². The summed E-state index contributed by atoms with van der Waals surface area (Å²) in [7, 11) is 0. The molecule has 0 spiro atoms. The molecule has 5 nitrogen and oxygen atoms in total. The maximum Gasteiger partial charge on any atom is 0.189 e. The van der Waals surface area contributed by atoms with Gasteiger partial charge in [-0.3, -0.25) is 4.90 Å². The highest BCUT2D eigenvalue weighted by Crippen LogP contribution is 2.31. The molecule has 29 heavy (non-hydrogen) atoms. The first-order valence-electron chi connectivity index (χ1n) is 10.8. The molecule has 4 rings (SSSR count). The number of nitrogens with zero attached hydrogens (tertiary/aromatic N) is 2. The molecule has 2 unspecified atom stereocenters. The van der Waals surface area contributed by atoms with Crippen molar-refractivity contribution in [1.82, 2.24) is 10.2 Å². The number of para-hydroxylation sites is 1. The Bertz CT molecular complexity index is 833. The average Bonchev–Trinajstić information content (AvgIpc) is 2.74. The summed E-state index contributed by atoms with van der Waals surface area (Å²) in [5.74, 6) is 2.23. The van der Waals surface area contributed by atoms with Crippen molar-refractivity contribution in [2.75, 3.05) is 19.7 Å². The number of hydrogen-bond acceptors (Lipinski definition) is 3. The van der Waals surface area contributed by atoms with Crippen LogP contribution in [0.25, 0.3) is 0 Å². The van der Waals surface area contributed by atoms with Crippen LogP contribution in [0.3, 0.4) is 0 Å². The van der Waals surface area contributed by atoms with Crippen LogP contribution in [0.5, 0.6) is 5.75 Å². The van der Waals surface area contributed by atoms with Crippen LogP contribution in [0.1, 0.15) is 48.9 Å². The summed E-state index contributed by atoms with van der Waals surface area (Å²) in [6.45, 7) is 7.10. The topological polar surface area (TPSA) is 62.9 Å². The second-order valence-electron chi connectivity index (χ2n) is 8.37. The molecule has 5 heteroatoms. The zero-order valence-corrected chi connectivity index (χ0v) is 17.3. The van der Waals surface area contributed by atoms with Crippen LogP contribution in [0, 0.1) is 5.92 Å². The number of likely N-dealkylation sites (tertiary alicyclic amines) is 1. The number of hydrogen-bond donors (Lipinski definition) is 2. The lowest BCUT2D eigenvalue weighted by Gasteiger charge is -2.30. The first-order chi connectivity index (χ1) is 14.2. The van der Waals surface area contributed by atoms with Gasteiger partial charge in [-0.05, 0) is 42.5 Å². The molecule has 2 aromatic rings. The molecule has 2 atom stereocenters. The Kier molecular flexibility index (Phi) is 6.35. The molecule has 1 fully saturated rings. The van der Waals surface area contributed by atoms with Gasteiger partial charge in [-0.15, -0.1) is 0 Å². The fourth-order valence-corrected chi connectivity index (χ4v) is 4.33. The molecule has 2 heterocycles. The number of nitrogens with two attached hydrogens (primary N) is 1. The largest absolute Gasteiger partial charge is 0.493 e. The first-order valence-corrected chi connectivity index (χ1v) is 10.8. The predicted molar refractivity (Wildman–Crippen MR) is 118 cm³/mol. The minimum absolute atomic E-state index is 0.151. The minimum Gasteiger partial charge on any atom is -0.493 e. The van der Waals surface area contributed by atoms with Gasteiger partial charge in [-0.25, -0.2) is 4.99 Å². The normalized spacial score (nSPS) is 22.6. The molecule has 3 N–H and O–H groups in total. The van der Waals surface area contributed by atoms with E-state index in [9.17, 15) is 0 Å². The number of benzene rings is 2. The van der Waals surface area contributed by atoms with Crippen molar-refractivity contribution in [3.05, 3.63) is 65.2 Å². The van der Waals surface area contributed by atoms with E-state index in [0.717, 1.165) is 30.2 Å². The number of nitrogens with one attached hydrogen (secondary N) is 1. The summed E-state index contributed by atoms with van der Waals surface area (Å²) >= 11 is 0. The number of piperidine rings is 1. The van der Waals surface area contributed by atoms with E-state index in [-0.39, 0.29) is 6.04 Å². The van der Waals surface area contributed by atoms with Crippen molar-refractivity contribution in [3.8, 4) is 5.75 Å². The van der Waals surface area contributed by atoms with E-state index >= 15 is 0 Å². The smallest absolute Gasteiger partial charge is 0.189 e. The Labute approximate surface area is 174 Å². The molecule has 2 aliphatic heterocycles. The van der Waals surface area contributed by atoms with E-state index in [1.165, 1.54) is 37.1 Å². The zero-order chi connectivity index (χ0) is 20.1. The van der Waals surface area contributed by atoms with Crippen molar-refractivity contribution in [2.24, 2.45) is 16.6 Å². The van der Waals surface area contributed by atoms with Crippen molar-refractivity contribution in [2.45, 2.75) is 45.3 Å². The molecule has 0 aliphatic carbocycles. The number of guanidine groups is 1. The van der Waals surface area contributed by atoms with E-state index in [1.54, 1.807) is 0 Å². The lowest BCUT2D eigenvalue weighted by molar-refractivity contribution is 0.176. The SMILES string of the molecule is CC1CCCN(Cc2ccc(CN=C(N)NC3CCOc4ccccc43)cc2)C1. The van der Waals surface area contributed by atoms with Gasteiger partial charge in [0, 0.05) is 25.1 Å². The second-order valence-corrected chi connectivity index (χ2v) is 8.37. The summed E-state index contributed by atoms with van der Waals surface area (Å²) in [5, 5.41) is 3.36. The van der Waals surface area contributed by atoms with Gasteiger partial charge in [-0.2, -0.15) is 0 Å². The minimum atomic E-state index is 0.151. The molecule has 2 aromatic carbocycles. The molecule has 0 aromatic heterocycles. The fourth-order valence-electron chi connectivity index (χ4n) is 4.33. The maximum atomic E-state index is 6.17. The lowest BCUT2D eigenvalue weighted by Crippen LogP contribution is -2.37. The third kappa shape index (κ3) is 5.30. The predicted octanol–water partition coefficient (Wildman–Crippen LogP) is 3.85. The standard InChI is InChI=1S/C24H32N4O/c1-18-5-4-13-28(16-18)17-20-10-8-19(9-11-20)15-26-24(25)27-22-12-14-29-23-7-3-2-6-21(22)23/h2-3,6-11,18,22H,4-5,12-17H2,1H3,(H3,25,26,27). The van der Waals surface area contributed by atoms with Gasteiger partial charge in [0.05, 0.1) is 19.2 Å². The van der Waals surface area contributed by atoms with Crippen LogP contribution in [-0.4, -0.2) is 30.6 Å². The molecular formula is C24H32N4O. The Morgan fingerprint density at radius 1 is 1.14 bits per heavy atom. The van der Waals surface area contributed by atoms with E-state index in [0.29, 0.717) is 19.1 Å². The van der Waals surface area contributed by atoms with Crippen LogP contribution in [0.4, 0.5) is 0 Å². The van der Waals surface area contributed by atoms with Crippen LogP contribution < -0.4 is 15.8 Å². The van der Waals surface area contributed by atoms with E-state index < -0.39 is 0 Å². The molecule has 154 valence electrons. The summed E-state index contributed by atoms with van der Waals surface area (Å²) in [6, 6.07) is 17.1. The first kappa shape index (κ1) is 19.8.